The summed E-state index contributed by atoms with van der Waals surface area (Å²) in [4.78, 5) is 2.69. The van der Waals surface area contributed by atoms with Gasteiger partial charge in [-0.25, -0.2) is 0 Å². The Hall–Kier alpha value is -0.0800. The van der Waals surface area contributed by atoms with Crippen molar-refractivity contribution in [3.63, 3.8) is 0 Å². The molecule has 88 valence electrons. The first-order chi connectivity index (χ1) is 7.07. The van der Waals surface area contributed by atoms with Crippen molar-refractivity contribution >= 4 is 0 Å². The van der Waals surface area contributed by atoms with Gasteiger partial charge in [0, 0.05) is 18.1 Å². The van der Waals surface area contributed by atoms with Gasteiger partial charge in [0.05, 0.1) is 0 Å². The van der Waals surface area contributed by atoms with Gasteiger partial charge < -0.3 is 5.32 Å². The fourth-order valence-electron chi connectivity index (χ4n) is 2.71. The Labute approximate surface area is 94.4 Å². The van der Waals surface area contributed by atoms with E-state index in [1.165, 1.54) is 45.3 Å². The summed E-state index contributed by atoms with van der Waals surface area (Å²) in [5.41, 5.74) is 0.300. The van der Waals surface area contributed by atoms with E-state index < -0.39 is 0 Å². The maximum atomic E-state index is 3.63. The van der Waals surface area contributed by atoms with Crippen molar-refractivity contribution in [2.24, 2.45) is 5.92 Å². The van der Waals surface area contributed by atoms with Gasteiger partial charge in [0.15, 0.2) is 0 Å². The highest BCUT2D eigenvalue weighted by molar-refractivity contribution is 4.88. The molecule has 0 spiro atoms. The van der Waals surface area contributed by atoms with Crippen molar-refractivity contribution in [1.29, 1.82) is 0 Å². The summed E-state index contributed by atoms with van der Waals surface area (Å²) in [6.45, 7) is 10.7. The molecule has 1 saturated heterocycles. The molecule has 0 bridgehead atoms. The molecule has 1 aliphatic carbocycles. The third kappa shape index (κ3) is 3.46. The molecular weight excluding hydrogens is 184 g/mol. The van der Waals surface area contributed by atoms with Gasteiger partial charge in [-0.1, -0.05) is 12.8 Å². The second kappa shape index (κ2) is 4.42. The van der Waals surface area contributed by atoms with Crippen molar-refractivity contribution in [3.8, 4) is 0 Å². The summed E-state index contributed by atoms with van der Waals surface area (Å²) in [7, 11) is 0. The normalized spacial score (nSPS) is 29.8. The van der Waals surface area contributed by atoms with E-state index in [0.717, 1.165) is 12.0 Å². The van der Waals surface area contributed by atoms with Crippen molar-refractivity contribution in [1.82, 2.24) is 10.2 Å². The first-order valence-corrected chi connectivity index (χ1v) is 6.56. The van der Waals surface area contributed by atoms with Gasteiger partial charge in [-0.3, -0.25) is 4.90 Å². The van der Waals surface area contributed by atoms with Crippen LogP contribution in [0.2, 0.25) is 0 Å². The second-order valence-corrected chi connectivity index (χ2v) is 6.16. The predicted molar refractivity (Wildman–Crippen MR) is 65.1 cm³/mol. The number of hydrogen-bond acceptors (Lipinski definition) is 2. The van der Waals surface area contributed by atoms with Gasteiger partial charge in [-0.15, -0.1) is 0 Å². The summed E-state index contributed by atoms with van der Waals surface area (Å²) in [6.07, 6.45) is 5.70. The Morgan fingerprint density at radius 3 is 2.80 bits per heavy atom. The van der Waals surface area contributed by atoms with E-state index >= 15 is 0 Å². The minimum atomic E-state index is 0.300. The highest BCUT2D eigenvalue weighted by atomic mass is 15.2. The van der Waals surface area contributed by atoms with Crippen molar-refractivity contribution in [2.75, 3.05) is 19.6 Å². The van der Waals surface area contributed by atoms with E-state index in [4.69, 9.17) is 0 Å². The molecule has 2 aliphatic rings. The molecule has 1 heterocycles. The van der Waals surface area contributed by atoms with Gasteiger partial charge >= 0.3 is 0 Å². The highest BCUT2D eigenvalue weighted by Gasteiger charge is 2.30. The standard InChI is InChI=1S/C13H26N2/c1-11(9-12-5-6-12)15-8-4-7-14-13(2,3)10-15/h11-12,14H,4-10H2,1-3H3. The summed E-state index contributed by atoms with van der Waals surface area (Å²) >= 11 is 0. The van der Waals surface area contributed by atoms with Crippen LogP contribution in [0.4, 0.5) is 0 Å². The van der Waals surface area contributed by atoms with Crippen LogP contribution in [-0.4, -0.2) is 36.1 Å². The molecule has 0 radical (unpaired) electrons. The fourth-order valence-corrected chi connectivity index (χ4v) is 2.71. The lowest BCUT2D eigenvalue weighted by Gasteiger charge is -2.34. The van der Waals surface area contributed by atoms with Gasteiger partial charge in [-0.2, -0.15) is 0 Å². The molecule has 1 atom stereocenters. The molecule has 2 fully saturated rings. The molecule has 0 aromatic carbocycles. The van der Waals surface area contributed by atoms with Crippen LogP contribution in [0.3, 0.4) is 0 Å². The minimum absolute atomic E-state index is 0.300. The average molecular weight is 210 g/mol. The van der Waals surface area contributed by atoms with Gasteiger partial charge in [0.25, 0.3) is 0 Å². The van der Waals surface area contributed by atoms with Crippen molar-refractivity contribution < 1.29 is 0 Å². The molecule has 2 heteroatoms. The van der Waals surface area contributed by atoms with Crippen LogP contribution in [-0.2, 0) is 0 Å². The molecule has 1 unspecified atom stereocenters. The lowest BCUT2D eigenvalue weighted by atomic mass is 10.0. The van der Waals surface area contributed by atoms with Crippen LogP contribution in [0.5, 0.6) is 0 Å². The topological polar surface area (TPSA) is 15.3 Å². The Kier molecular flexibility index (Phi) is 3.36. The van der Waals surface area contributed by atoms with Gasteiger partial charge in [-0.05, 0) is 52.6 Å². The number of hydrogen-bond donors (Lipinski definition) is 1. The number of nitrogens with zero attached hydrogens (tertiary/aromatic N) is 1. The van der Waals surface area contributed by atoms with Gasteiger partial charge in [0.1, 0.15) is 0 Å². The zero-order chi connectivity index (χ0) is 10.9. The molecule has 0 amide bonds. The quantitative estimate of drug-likeness (QED) is 0.768. The highest BCUT2D eigenvalue weighted by Crippen LogP contribution is 2.34. The first kappa shape index (κ1) is 11.4. The Balaban J connectivity index is 1.87. The lowest BCUT2D eigenvalue weighted by Crippen LogP contribution is -2.48. The van der Waals surface area contributed by atoms with Crippen molar-refractivity contribution in [2.45, 2.75) is 58.0 Å². The first-order valence-electron chi connectivity index (χ1n) is 6.56. The largest absolute Gasteiger partial charge is 0.310 e. The van der Waals surface area contributed by atoms with Crippen LogP contribution < -0.4 is 5.32 Å². The third-order valence-electron chi connectivity index (χ3n) is 3.82. The fraction of sp³-hybridized carbons (Fsp3) is 1.00. The number of rotatable bonds is 3. The van der Waals surface area contributed by atoms with E-state index in [-0.39, 0.29) is 0 Å². The van der Waals surface area contributed by atoms with E-state index in [2.05, 4.69) is 31.0 Å². The zero-order valence-corrected chi connectivity index (χ0v) is 10.6. The summed E-state index contributed by atoms with van der Waals surface area (Å²) in [5.74, 6) is 1.05. The maximum absolute atomic E-state index is 3.63. The smallest absolute Gasteiger partial charge is 0.0252 e. The van der Waals surface area contributed by atoms with E-state index in [9.17, 15) is 0 Å². The van der Waals surface area contributed by atoms with Crippen LogP contribution in [0.15, 0.2) is 0 Å². The molecule has 0 aromatic rings. The SMILES string of the molecule is CC(CC1CC1)N1CCCNC(C)(C)C1. The molecule has 2 rings (SSSR count). The van der Waals surface area contributed by atoms with Crippen LogP contribution in [0.1, 0.15) is 46.5 Å². The molecule has 2 nitrogen and oxygen atoms in total. The van der Waals surface area contributed by atoms with Gasteiger partial charge in [0.2, 0.25) is 0 Å². The maximum Gasteiger partial charge on any atom is 0.0252 e. The third-order valence-corrected chi connectivity index (χ3v) is 3.82. The monoisotopic (exact) mass is 210 g/mol. The van der Waals surface area contributed by atoms with E-state index in [1.54, 1.807) is 0 Å². The minimum Gasteiger partial charge on any atom is -0.310 e. The molecule has 1 N–H and O–H groups in total. The van der Waals surface area contributed by atoms with Crippen molar-refractivity contribution in [3.05, 3.63) is 0 Å². The predicted octanol–water partition coefficient (Wildman–Crippen LogP) is 2.25. The Bertz CT molecular complexity index is 209. The molecule has 15 heavy (non-hydrogen) atoms. The molecule has 1 saturated carbocycles. The summed E-state index contributed by atoms with van der Waals surface area (Å²) in [5, 5.41) is 3.63. The molecular formula is C13H26N2. The lowest BCUT2D eigenvalue weighted by molar-refractivity contribution is 0.167. The number of nitrogens with one attached hydrogen (secondary N) is 1. The Morgan fingerprint density at radius 2 is 2.13 bits per heavy atom. The van der Waals surface area contributed by atoms with Crippen LogP contribution >= 0.6 is 0 Å². The zero-order valence-electron chi connectivity index (χ0n) is 10.6. The molecule has 1 aliphatic heterocycles. The van der Waals surface area contributed by atoms with E-state index in [0.29, 0.717) is 5.54 Å². The summed E-state index contributed by atoms with van der Waals surface area (Å²) < 4.78 is 0. The second-order valence-electron chi connectivity index (χ2n) is 6.16. The van der Waals surface area contributed by atoms with Crippen LogP contribution in [0.25, 0.3) is 0 Å². The summed E-state index contributed by atoms with van der Waals surface area (Å²) in [6, 6.07) is 0.789. The van der Waals surface area contributed by atoms with Crippen LogP contribution in [0, 0.1) is 5.92 Å². The Morgan fingerprint density at radius 1 is 1.40 bits per heavy atom. The average Bonchev–Trinajstić information content (AvgIpc) is 2.93. The van der Waals surface area contributed by atoms with E-state index in [1.807, 2.05) is 0 Å². The molecule has 0 aromatic heterocycles.